The summed E-state index contributed by atoms with van der Waals surface area (Å²) in [4.78, 5) is 10.5. The summed E-state index contributed by atoms with van der Waals surface area (Å²) in [5.41, 5.74) is 5.34. The van der Waals surface area contributed by atoms with Crippen molar-refractivity contribution in [1.82, 2.24) is 0 Å². The van der Waals surface area contributed by atoms with E-state index in [2.05, 4.69) is 0 Å². The molecule has 1 saturated carbocycles. The Morgan fingerprint density at radius 2 is 1.79 bits per heavy atom. The number of rotatable bonds is 3. The maximum atomic E-state index is 10.5. The van der Waals surface area contributed by atoms with Crippen molar-refractivity contribution >= 4 is 18.4 Å². The van der Waals surface area contributed by atoms with Crippen molar-refractivity contribution in [2.24, 2.45) is 11.7 Å². The van der Waals surface area contributed by atoms with Crippen LogP contribution >= 0.6 is 12.4 Å². The molecule has 0 aromatic carbocycles. The van der Waals surface area contributed by atoms with E-state index in [1.54, 1.807) is 0 Å². The lowest BCUT2D eigenvalue weighted by Crippen LogP contribution is -2.46. The fourth-order valence-corrected chi connectivity index (χ4v) is 1.91. The van der Waals surface area contributed by atoms with E-state index in [0.717, 1.165) is 25.7 Å². The maximum absolute atomic E-state index is 10.5. The van der Waals surface area contributed by atoms with Gasteiger partial charge in [0.1, 0.15) is 6.04 Å². The first-order valence-corrected chi connectivity index (χ1v) is 4.79. The van der Waals surface area contributed by atoms with Gasteiger partial charge in [-0.3, -0.25) is 4.79 Å². The molecule has 84 valence electrons. The number of carboxylic acids is 1. The number of nitrogens with two attached hydrogens (primary N) is 1. The van der Waals surface area contributed by atoms with Crippen LogP contribution in [0.25, 0.3) is 0 Å². The zero-order valence-electron chi connectivity index (χ0n) is 8.06. The summed E-state index contributed by atoms with van der Waals surface area (Å²) < 4.78 is 0. The first-order chi connectivity index (χ1) is 6.13. The highest BCUT2D eigenvalue weighted by atomic mass is 35.5. The van der Waals surface area contributed by atoms with Crippen molar-refractivity contribution in [2.45, 2.75) is 44.2 Å². The van der Waals surface area contributed by atoms with Gasteiger partial charge >= 0.3 is 5.97 Å². The van der Waals surface area contributed by atoms with E-state index in [1.807, 2.05) is 0 Å². The lowest BCUT2D eigenvalue weighted by Gasteiger charge is -2.28. The van der Waals surface area contributed by atoms with Crippen LogP contribution in [0.3, 0.4) is 0 Å². The van der Waals surface area contributed by atoms with Gasteiger partial charge in [-0.05, 0) is 18.8 Å². The topological polar surface area (TPSA) is 83.6 Å². The van der Waals surface area contributed by atoms with Crippen LogP contribution in [0.2, 0.25) is 0 Å². The second-order valence-electron chi connectivity index (χ2n) is 3.75. The highest BCUT2D eigenvalue weighted by Gasteiger charge is 2.30. The minimum Gasteiger partial charge on any atom is -0.480 e. The minimum absolute atomic E-state index is 0. The Bertz CT molecular complexity index is 183. The average Bonchev–Trinajstić information content (AvgIpc) is 2.17. The quantitative estimate of drug-likeness (QED) is 0.660. The smallest absolute Gasteiger partial charge is 0.323 e. The van der Waals surface area contributed by atoms with E-state index >= 15 is 0 Å². The van der Waals surface area contributed by atoms with Gasteiger partial charge in [0, 0.05) is 0 Å². The Hall–Kier alpha value is -0.320. The Kier molecular flexibility index (Phi) is 6.08. The molecular weight excluding hydrogens is 206 g/mol. The van der Waals surface area contributed by atoms with Crippen LogP contribution in [0.1, 0.15) is 32.1 Å². The van der Waals surface area contributed by atoms with Crippen LogP contribution in [-0.2, 0) is 4.79 Å². The number of aliphatic carboxylic acids is 1. The molecule has 14 heavy (non-hydrogen) atoms. The van der Waals surface area contributed by atoms with Crippen LogP contribution in [0.5, 0.6) is 0 Å². The first kappa shape index (κ1) is 13.7. The number of hydrogen-bond donors (Lipinski definition) is 3. The largest absolute Gasteiger partial charge is 0.480 e. The van der Waals surface area contributed by atoms with Crippen LogP contribution in [-0.4, -0.2) is 28.3 Å². The third-order valence-corrected chi connectivity index (χ3v) is 2.79. The van der Waals surface area contributed by atoms with Gasteiger partial charge in [0.05, 0.1) is 6.10 Å². The SMILES string of the molecule is Cl.N[C@@H](C(=O)O)[C@@H](O)C1CCCCC1. The van der Waals surface area contributed by atoms with Crippen molar-refractivity contribution in [3.05, 3.63) is 0 Å². The predicted octanol–water partition coefficient (Wildman–Crippen LogP) is 0.761. The molecule has 4 nitrogen and oxygen atoms in total. The fraction of sp³-hybridized carbons (Fsp3) is 0.889. The molecule has 1 fully saturated rings. The second-order valence-corrected chi connectivity index (χ2v) is 3.75. The van der Waals surface area contributed by atoms with Crippen molar-refractivity contribution in [3.63, 3.8) is 0 Å². The Balaban J connectivity index is 0.00000169. The summed E-state index contributed by atoms with van der Waals surface area (Å²) in [6.07, 6.45) is 4.27. The molecule has 0 aromatic heterocycles. The Morgan fingerprint density at radius 1 is 1.29 bits per heavy atom. The lowest BCUT2D eigenvalue weighted by atomic mass is 9.83. The highest BCUT2D eigenvalue weighted by Crippen LogP contribution is 2.27. The molecule has 0 aromatic rings. The zero-order chi connectivity index (χ0) is 9.84. The molecule has 0 heterocycles. The third-order valence-electron chi connectivity index (χ3n) is 2.79. The van der Waals surface area contributed by atoms with Crippen LogP contribution in [0.15, 0.2) is 0 Å². The van der Waals surface area contributed by atoms with Crippen LogP contribution in [0, 0.1) is 5.92 Å². The molecule has 0 bridgehead atoms. The van der Waals surface area contributed by atoms with Crippen LogP contribution in [0.4, 0.5) is 0 Å². The number of aliphatic hydroxyl groups excluding tert-OH is 1. The summed E-state index contributed by atoms with van der Waals surface area (Å²) in [6, 6.07) is -1.12. The molecule has 5 heteroatoms. The molecule has 0 saturated heterocycles. The summed E-state index contributed by atoms with van der Waals surface area (Å²) in [6.45, 7) is 0. The monoisotopic (exact) mass is 223 g/mol. The van der Waals surface area contributed by atoms with Gasteiger partial charge in [0.15, 0.2) is 0 Å². The van der Waals surface area contributed by atoms with Gasteiger partial charge in [0.25, 0.3) is 0 Å². The summed E-state index contributed by atoms with van der Waals surface area (Å²) in [5, 5.41) is 18.2. The van der Waals surface area contributed by atoms with Crippen molar-refractivity contribution in [2.75, 3.05) is 0 Å². The Labute approximate surface area is 89.9 Å². The summed E-state index contributed by atoms with van der Waals surface area (Å²) >= 11 is 0. The van der Waals surface area contributed by atoms with E-state index in [0.29, 0.717) is 0 Å². The van der Waals surface area contributed by atoms with E-state index < -0.39 is 18.1 Å². The van der Waals surface area contributed by atoms with Gasteiger partial charge < -0.3 is 15.9 Å². The average molecular weight is 224 g/mol. The molecule has 4 N–H and O–H groups in total. The summed E-state index contributed by atoms with van der Waals surface area (Å²) in [7, 11) is 0. The van der Waals surface area contributed by atoms with Crippen molar-refractivity contribution < 1.29 is 15.0 Å². The predicted molar refractivity (Wildman–Crippen MR) is 55.4 cm³/mol. The molecule has 1 aliphatic carbocycles. The van der Waals surface area contributed by atoms with Gasteiger partial charge in [0.2, 0.25) is 0 Å². The van der Waals surface area contributed by atoms with Gasteiger partial charge in [-0.1, -0.05) is 19.3 Å². The van der Waals surface area contributed by atoms with E-state index in [-0.39, 0.29) is 18.3 Å². The summed E-state index contributed by atoms with van der Waals surface area (Å²) in [5.74, 6) is -1.03. The van der Waals surface area contributed by atoms with Crippen molar-refractivity contribution in [1.29, 1.82) is 0 Å². The molecule has 0 radical (unpaired) electrons. The molecule has 1 rings (SSSR count). The minimum atomic E-state index is -1.12. The number of carbonyl (C=O) groups is 1. The second kappa shape index (κ2) is 6.22. The Morgan fingerprint density at radius 3 is 2.21 bits per heavy atom. The first-order valence-electron chi connectivity index (χ1n) is 4.79. The third kappa shape index (κ3) is 3.44. The molecule has 0 unspecified atom stereocenters. The number of carboxylic acid groups (broad SMARTS) is 1. The standard InChI is InChI=1S/C9H17NO3.ClH/c10-7(9(12)13)8(11)6-4-2-1-3-5-6;/h6-8,11H,1-5,10H2,(H,12,13);1H/t7-,8+;/m1./s1. The molecule has 0 spiro atoms. The number of aliphatic hydroxyl groups is 1. The fourth-order valence-electron chi connectivity index (χ4n) is 1.91. The number of halogens is 1. The van der Waals surface area contributed by atoms with Crippen molar-refractivity contribution in [3.8, 4) is 0 Å². The molecular formula is C9H18ClNO3. The lowest BCUT2D eigenvalue weighted by molar-refractivity contribution is -0.142. The van der Waals surface area contributed by atoms with Crippen LogP contribution < -0.4 is 5.73 Å². The van der Waals surface area contributed by atoms with E-state index in [1.165, 1.54) is 6.42 Å². The normalized spacial score (nSPS) is 22.1. The van der Waals surface area contributed by atoms with E-state index in [4.69, 9.17) is 10.8 Å². The highest BCUT2D eigenvalue weighted by molar-refractivity contribution is 5.85. The van der Waals surface area contributed by atoms with Gasteiger partial charge in [-0.15, -0.1) is 12.4 Å². The van der Waals surface area contributed by atoms with Gasteiger partial charge in [-0.2, -0.15) is 0 Å². The maximum Gasteiger partial charge on any atom is 0.323 e. The zero-order valence-corrected chi connectivity index (χ0v) is 8.87. The van der Waals surface area contributed by atoms with Gasteiger partial charge in [-0.25, -0.2) is 0 Å². The van der Waals surface area contributed by atoms with E-state index in [9.17, 15) is 9.90 Å². The molecule has 0 aliphatic heterocycles. The molecule has 1 aliphatic rings. The molecule has 2 atom stereocenters. The molecule has 0 amide bonds. The number of hydrogen-bond acceptors (Lipinski definition) is 3.